The van der Waals surface area contributed by atoms with E-state index in [2.05, 4.69) is 21.0 Å². The number of aryl methyl sites for hydroxylation is 1. The lowest BCUT2D eigenvalue weighted by Crippen LogP contribution is -2.30. The van der Waals surface area contributed by atoms with Gasteiger partial charge in [0.05, 0.1) is 0 Å². The zero-order valence-electron chi connectivity index (χ0n) is 14.8. The molecule has 0 aliphatic rings. The van der Waals surface area contributed by atoms with Crippen LogP contribution < -0.4 is 10.9 Å². The molecule has 150 valence electrons. The Labute approximate surface area is 161 Å². The molecule has 0 aliphatic heterocycles. The Morgan fingerprint density at radius 3 is 2.24 bits per heavy atom. The third-order valence-electron chi connectivity index (χ3n) is 3.97. The van der Waals surface area contributed by atoms with Crippen molar-refractivity contribution in [2.75, 3.05) is 5.43 Å². The van der Waals surface area contributed by atoms with E-state index in [1.54, 1.807) is 6.92 Å². The van der Waals surface area contributed by atoms with Crippen LogP contribution in [-0.4, -0.2) is 16.1 Å². The van der Waals surface area contributed by atoms with Crippen LogP contribution in [-0.2, 0) is 6.18 Å². The first-order chi connectivity index (χ1) is 13.6. The topological polar surface area (TPSA) is 66.9 Å². The van der Waals surface area contributed by atoms with Gasteiger partial charge in [0.2, 0.25) is 0 Å². The molecule has 0 radical (unpaired) electrons. The van der Waals surface area contributed by atoms with Crippen LogP contribution in [0.4, 0.5) is 27.8 Å². The maximum Gasteiger partial charge on any atom is 0.435 e. The van der Waals surface area contributed by atoms with E-state index in [1.807, 2.05) is 0 Å². The average Bonchev–Trinajstić information content (AvgIpc) is 2.66. The summed E-state index contributed by atoms with van der Waals surface area (Å²) in [5.41, 5.74) is 4.47. The number of hydrogen-bond acceptors (Lipinski definition) is 4. The van der Waals surface area contributed by atoms with Gasteiger partial charge in [0.15, 0.2) is 11.5 Å². The highest BCUT2D eigenvalue weighted by Gasteiger charge is 2.32. The minimum atomic E-state index is -4.63. The summed E-state index contributed by atoms with van der Waals surface area (Å²) in [4.78, 5) is 12.1. The third kappa shape index (κ3) is 4.65. The standard InChI is InChI=1S/C19H13F5N4O/c1-10-8-12(20)3-5-13(10)14-4-2-11(9-15(14)21)18(29)28-27-17-7-6-16(25-26-17)19(22,23)24/h2-9H,1H3,(H,26,27)(H,28,29). The molecule has 10 heteroatoms. The number of aromatic nitrogens is 2. The van der Waals surface area contributed by atoms with Gasteiger partial charge < -0.3 is 0 Å². The quantitative estimate of drug-likeness (QED) is 0.493. The summed E-state index contributed by atoms with van der Waals surface area (Å²) in [5.74, 6) is -2.01. The van der Waals surface area contributed by atoms with Gasteiger partial charge in [-0.15, -0.1) is 10.2 Å². The normalized spacial score (nSPS) is 11.2. The van der Waals surface area contributed by atoms with Crippen LogP contribution in [0.25, 0.3) is 11.1 Å². The second-order valence-corrected chi connectivity index (χ2v) is 6.03. The molecular weight excluding hydrogens is 395 g/mol. The fraction of sp³-hybridized carbons (Fsp3) is 0.105. The molecular formula is C19H13F5N4O. The second kappa shape index (κ2) is 7.82. The fourth-order valence-corrected chi connectivity index (χ4v) is 2.55. The van der Waals surface area contributed by atoms with E-state index < -0.39 is 29.4 Å². The summed E-state index contributed by atoms with van der Waals surface area (Å²) in [5, 5.41) is 6.30. The summed E-state index contributed by atoms with van der Waals surface area (Å²) in [6.45, 7) is 1.63. The van der Waals surface area contributed by atoms with Crippen molar-refractivity contribution < 1.29 is 26.7 Å². The van der Waals surface area contributed by atoms with E-state index in [9.17, 15) is 26.7 Å². The molecule has 3 rings (SSSR count). The number of rotatable bonds is 4. The number of nitrogens with one attached hydrogen (secondary N) is 2. The van der Waals surface area contributed by atoms with E-state index in [0.717, 1.165) is 12.1 Å². The highest BCUT2D eigenvalue weighted by Crippen LogP contribution is 2.28. The van der Waals surface area contributed by atoms with Gasteiger partial charge in [0.1, 0.15) is 11.6 Å². The van der Waals surface area contributed by atoms with Crippen LogP contribution in [0.5, 0.6) is 0 Å². The number of halogens is 5. The molecule has 0 bridgehead atoms. The first-order valence-corrected chi connectivity index (χ1v) is 8.18. The number of hydrazine groups is 1. The molecule has 1 heterocycles. The Balaban J connectivity index is 1.71. The third-order valence-corrected chi connectivity index (χ3v) is 3.97. The predicted molar refractivity (Wildman–Crippen MR) is 94.7 cm³/mol. The van der Waals surface area contributed by atoms with Crippen molar-refractivity contribution in [3.8, 4) is 11.1 Å². The number of alkyl halides is 3. The van der Waals surface area contributed by atoms with Crippen molar-refractivity contribution in [1.82, 2.24) is 15.6 Å². The second-order valence-electron chi connectivity index (χ2n) is 6.03. The Morgan fingerprint density at radius 1 is 0.931 bits per heavy atom. The van der Waals surface area contributed by atoms with Gasteiger partial charge >= 0.3 is 6.18 Å². The van der Waals surface area contributed by atoms with Crippen molar-refractivity contribution in [3.05, 3.63) is 77.0 Å². The Kier molecular flexibility index (Phi) is 5.44. The van der Waals surface area contributed by atoms with Crippen LogP contribution in [0, 0.1) is 18.6 Å². The monoisotopic (exact) mass is 408 g/mol. The maximum atomic E-state index is 14.5. The number of nitrogens with zero attached hydrogens (tertiary/aromatic N) is 2. The predicted octanol–water partition coefficient (Wildman–Crippen LogP) is 4.51. The van der Waals surface area contributed by atoms with Crippen LogP contribution >= 0.6 is 0 Å². The van der Waals surface area contributed by atoms with E-state index in [-0.39, 0.29) is 16.9 Å². The Bertz CT molecular complexity index is 1050. The number of benzene rings is 2. The van der Waals surface area contributed by atoms with E-state index in [4.69, 9.17) is 0 Å². The molecule has 0 spiro atoms. The lowest BCUT2D eigenvalue weighted by atomic mass is 9.98. The first kappa shape index (κ1) is 20.2. The fourth-order valence-electron chi connectivity index (χ4n) is 2.55. The van der Waals surface area contributed by atoms with Gasteiger partial charge in [-0.2, -0.15) is 13.2 Å². The van der Waals surface area contributed by atoms with E-state index in [1.165, 1.54) is 30.3 Å². The smallest absolute Gasteiger partial charge is 0.280 e. The summed E-state index contributed by atoms with van der Waals surface area (Å²) >= 11 is 0. The van der Waals surface area contributed by atoms with Crippen LogP contribution in [0.1, 0.15) is 21.6 Å². The number of carbonyl (C=O) groups excluding carboxylic acids is 1. The van der Waals surface area contributed by atoms with Crippen LogP contribution in [0.3, 0.4) is 0 Å². The zero-order chi connectivity index (χ0) is 21.2. The molecule has 0 saturated carbocycles. The molecule has 1 aromatic heterocycles. The molecule has 29 heavy (non-hydrogen) atoms. The van der Waals surface area contributed by atoms with Crippen LogP contribution in [0.15, 0.2) is 48.5 Å². The van der Waals surface area contributed by atoms with Gasteiger partial charge in [-0.1, -0.05) is 12.1 Å². The lowest BCUT2D eigenvalue weighted by Gasteiger charge is -2.11. The van der Waals surface area contributed by atoms with Crippen molar-refractivity contribution in [2.24, 2.45) is 0 Å². The molecule has 1 amide bonds. The summed E-state index contributed by atoms with van der Waals surface area (Å²) in [6.07, 6.45) is -4.63. The van der Waals surface area contributed by atoms with Crippen LogP contribution in [0.2, 0.25) is 0 Å². The molecule has 0 aliphatic carbocycles. The number of amides is 1. The number of hydrogen-bond donors (Lipinski definition) is 2. The minimum absolute atomic E-state index is 0.0432. The molecule has 0 atom stereocenters. The highest BCUT2D eigenvalue weighted by atomic mass is 19.4. The lowest BCUT2D eigenvalue weighted by molar-refractivity contribution is -0.141. The summed E-state index contributed by atoms with van der Waals surface area (Å²) in [7, 11) is 0. The van der Waals surface area contributed by atoms with E-state index >= 15 is 0 Å². The van der Waals surface area contributed by atoms with Crippen molar-refractivity contribution in [3.63, 3.8) is 0 Å². The first-order valence-electron chi connectivity index (χ1n) is 8.18. The van der Waals surface area contributed by atoms with Crippen molar-refractivity contribution in [2.45, 2.75) is 13.1 Å². The summed E-state index contributed by atoms with van der Waals surface area (Å²) < 4.78 is 65.0. The molecule has 5 nitrogen and oxygen atoms in total. The molecule has 0 saturated heterocycles. The van der Waals surface area contributed by atoms with Gasteiger partial charge in [-0.25, -0.2) is 8.78 Å². The van der Waals surface area contributed by atoms with Crippen molar-refractivity contribution in [1.29, 1.82) is 0 Å². The average molecular weight is 408 g/mol. The Hall–Kier alpha value is -3.56. The van der Waals surface area contributed by atoms with Gasteiger partial charge in [-0.05, 0) is 54.4 Å². The number of anilines is 1. The molecule has 2 N–H and O–H groups in total. The molecule has 3 aromatic rings. The largest absolute Gasteiger partial charge is 0.435 e. The molecule has 0 unspecified atom stereocenters. The number of carbonyl (C=O) groups is 1. The molecule has 0 fully saturated rings. The molecule has 2 aromatic carbocycles. The Morgan fingerprint density at radius 2 is 1.66 bits per heavy atom. The van der Waals surface area contributed by atoms with Crippen molar-refractivity contribution >= 4 is 11.7 Å². The van der Waals surface area contributed by atoms with E-state index in [0.29, 0.717) is 17.2 Å². The van der Waals surface area contributed by atoms with Gasteiger partial charge in [-0.3, -0.25) is 15.6 Å². The highest BCUT2D eigenvalue weighted by molar-refractivity contribution is 5.95. The SMILES string of the molecule is Cc1cc(F)ccc1-c1ccc(C(=O)NNc2ccc(C(F)(F)F)nn2)cc1F. The minimum Gasteiger partial charge on any atom is -0.280 e. The zero-order valence-corrected chi connectivity index (χ0v) is 14.8. The maximum absolute atomic E-state index is 14.5. The van der Waals surface area contributed by atoms with Gasteiger partial charge in [0.25, 0.3) is 5.91 Å². The summed E-state index contributed by atoms with van der Waals surface area (Å²) in [6, 6.07) is 9.32. The van der Waals surface area contributed by atoms with Gasteiger partial charge in [0, 0.05) is 11.1 Å².